The number of carbonyl (C=O) groups is 1. The second-order valence-electron chi connectivity index (χ2n) is 8.72. The first kappa shape index (κ1) is 23.3. The summed E-state index contributed by atoms with van der Waals surface area (Å²) in [7, 11) is 3.59. The highest BCUT2D eigenvalue weighted by atomic mass is 16.5. The van der Waals surface area contributed by atoms with E-state index in [4.69, 9.17) is 14.7 Å². The number of aryl methyl sites for hydroxylation is 1. The number of amides is 1. The lowest BCUT2D eigenvalue weighted by Gasteiger charge is -2.30. The van der Waals surface area contributed by atoms with Crippen LogP contribution in [0.15, 0.2) is 61.4 Å². The molecule has 9 nitrogen and oxygen atoms in total. The van der Waals surface area contributed by atoms with Gasteiger partial charge in [-0.05, 0) is 43.5 Å². The predicted octanol–water partition coefficient (Wildman–Crippen LogP) is 4.90. The van der Waals surface area contributed by atoms with Crippen LogP contribution in [0.1, 0.15) is 19.3 Å². The second-order valence-corrected chi connectivity index (χ2v) is 8.72. The van der Waals surface area contributed by atoms with Gasteiger partial charge in [-0.2, -0.15) is 4.98 Å². The average Bonchev–Trinajstić information content (AvgIpc) is 3.26. The SMILES string of the molecule is C=CC(=O)Nc1cc(Nc2nccc(-c3cn(C)c4ccccc34)n2)c(OC)nc1N1CCCCC1. The molecule has 1 fully saturated rings. The summed E-state index contributed by atoms with van der Waals surface area (Å²) in [5.74, 6) is 1.16. The quantitative estimate of drug-likeness (QED) is 0.361. The lowest BCUT2D eigenvalue weighted by Crippen LogP contribution is -2.31. The molecule has 1 aromatic carbocycles. The minimum Gasteiger partial charge on any atom is -0.479 e. The molecule has 0 saturated carbocycles. The number of methoxy groups -OCH3 is 1. The van der Waals surface area contributed by atoms with E-state index >= 15 is 0 Å². The highest BCUT2D eigenvalue weighted by Crippen LogP contribution is 2.36. The van der Waals surface area contributed by atoms with Crippen LogP contribution in [0.5, 0.6) is 5.88 Å². The van der Waals surface area contributed by atoms with Gasteiger partial charge in [0.2, 0.25) is 17.7 Å². The number of para-hydroxylation sites is 1. The summed E-state index contributed by atoms with van der Waals surface area (Å²) in [6, 6.07) is 11.9. The molecular weight excluding hydrogens is 454 g/mol. The fraction of sp³-hybridized carbons (Fsp3) is 0.259. The van der Waals surface area contributed by atoms with E-state index < -0.39 is 0 Å². The monoisotopic (exact) mass is 483 g/mol. The number of hydrogen-bond acceptors (Lipinski definition) is 7. The summed E-state index contributed by atoms with van der Waals surface area (Å²) in [6.07, 6.45) is 8.37. The summed E-state index contributed by atoms with van der Waals surface area (Å²) in [5.41, 5.74) is 4.06. The smallest absolute Gasteiger partial charge is 0.247 e. The first-order chi connectivity index (χ1) is 17.6. The van der Waals surface area contributed by atoms with Crippen LogP contribution in [0.4, 0.5) is 23.1 Å². The van der Waals surface area contributed by atoms with Gasteiger partial charge in [0, 0.05) is 49.0 Å². The van der Waals surface area contributed by atoms with Gasteiger partial charge in [-0.15, -0.1) is 0 Å². The first-order valence-electron chi connectivity index (χ1n) is 12.0. The van der Waals surface area contributed by atoms with Gasteiger partial charge in [0.25, 0.3) is 0 Å². The number of fused-ring (bicyclic) bond motifs is 1. The number of rotatable bonds is 7. The molecule has 1 amide bonds. The van der Waals surface area contributed by atoms with E-state index in [1.54, 1.807) is 13.3 Å². The van der Waals surface area contributed by atoms with Crippen LogP contribution in [0, 0.1) is 0 Å². The molecule has 1 aliphatic heterocycles. The van der Waals surface area contributed by atoms with E-state index in [1.807, 2.05) is 31.3 Å². The molecule has 5 rings (SSSR count). The molecule has 4 heterocycles. The van der Waals surface area contributed by atoms with Gasteiger partial charge in [0.05, 0.1) is 18.5 Å². The van der Waals surface area contributed by atoms with Crippen molar-refractivity contribution in [3.05, 3.63) is 61.4 Å². The van der Waals surface area contributed by atoms with Gasteiger partial charge in [-0.1, -0.05) is 24.8 Å². The third kappa shape index (κ3) is 4.59. The summed E-state index contributed by atoms with van der Waals surface area (Å²) >= 11 is 0. The fourth-order valence-corrected chi connectivity index (χ4v) is 4.59. The Bertz CT molecular complexity index is 1420. The molecule has 0 aliphatic carbocycles. The Morgan fingerprint density at radius 3 is 2.69 bits per heavy atom. The number of nitrogens with zero attached hydrogens (tertiary/aromatic N) is 5. The Labute approximate surface area is 209 Å². The van der Waals surface area contributed by atoms with Crippen molar-refractivity contribution in [2.24, 2.45) is 7.05 Å². The van der Waals surface area contributed by atoms with Crippen LogP contribution in [-0.2, 0) is 11.8 Å². The van der Waals surface area contributed by atoms with Crippen molar-refractivity contribution < 1.29 is 9.53 Å². The van der Waals surface area contributed by atoms with E-state index in [2.05, 4.69) is 50.0 Å². The molecule has 1 aliphatic rings. The van der Waals surface area contributed by atoms with Gasteiger partial charge < -0.3 is 24.8 Å². The van der Waals surface area contributed by atoms with Gasteiger partial charge in [-0.25, -0.2) is 9.97 Å². The molecule has 184 valence electrons. The van der Waals surface area contributed by atoms with Crippen LogP contribution in [-0.4, -0.2) is 45.6 Å². The zero-order valence-corrected chi connectivity index (χ0v) is 20.5. The zero-order valence-electron chi connectivity index (χ0n) is 20.5. The number of pyridine rings is 1. The van der Waals surface area contributed by atoms with Gasteiger partial charge in [-0.3, -0.25) is 4.79 Å². The highest BCUT2D eigenvalue weighted by Gasteiger charge is 2.21. The summed E-state index contributed by atoms with van der Waals surface area (Å²) in [6.45, 7) is 5.32. The van der Waals surface area contributed by atoms with Crippen LogP contribution in [0.25, 0.3) is 22.2 Å². The molecule has 0 unspecified atom stereocenters. The van der Waals surface area contributed by atoms with Crippen molar-refractivity contribution in [3.8, 4) is 17.1 Å². The van der Waals surface area contributed by atoms with Crippen molar-refractivity contribution >= 4 is 40.0 Å². The van der Waals surface area contributed by atoms with Crippen LogP contribution in [0.2, 0.25) is 0 Å². The van der Waals surface area contributed by atoms with E-state index in [9.17, 15) is 4.79 Å². The van der Waals surface area contributed by atoms with E-state index in [1.165, 1.54) is 12.5 Å². The first-order valence-corrected chi connectivity index (χ1v) is 12.0. The molecule has 0 atom stereocenters. The number of benzene rings is 1. The highest BCUT2D eigenvalue weighted by molar-refractivity contribution is 6.01. The summed E-state index contributed by atoms with van der Waals surface area (Å²) in [5, 5.41) is 7.25. The third-order valence-electron chi connectivity index (χ3n) is 6.33. The van der Waals surface area contributed by atoms with Crippen molar-refractivity contribution in [2.75, 3.05) is 35.7 Å². The number of nitrogens with one attached hydrogen (secondary N) is 2. The molecule has 1 saturated heterocycles. The van der Waals surface area contributed by atoms with Crippen LogP contribution in [0.3, 0.4) is 0 Å². The van der Waals surface area contributed by atoms with Gasteiger partial charge >= 0.3 is 0 Å². The molecule has 0 bridgehead atoms. The molecule has 4 aromatic rings. The van der Waals surface area contributed by atoms with Gasteiger partial charge in [0.1, 0.15) is 5.69 Å². The Morgan fingerprint density at radius 1 is 1.11 bits per heavy atom. The number of piperidine rings is 1. The van der Waals surface area contributed by atoms with E-state index in [0.29, 0.717) is 29.0 Å². The standard InChI is InChI=1S/C27H29N7O2/c1-4-24(35)29-21-16-22(26(36-3)32-25(21)34-14-8-5-9-15-34)31-27-28-13-12-20(30-27)19-17-33(2)23-11-7-6-10-18(19)23/h4,6-7,10-13,16-17H,1,5,8-9,14-15H2,2-3H3,(H,29,35)(H,28,30,31). The number of anilines is 4. The topological polar surface area (TPSA) is 97.2 Å². The summed E-state index contributed by atoms with van der Waals surface area (Å²) < 4.78 is 7.70. The molecule has 9 heteroatoms. The average molecular weight is 484 g/mol. The number of carbonyl (C=O) groups excluding carboxylic acids is 1. The molecule has 0 radical (unpaired) electrons. The van der Waals surface area contributed by atoms with Gasteiger partial charge in [0.15, 0.2) is 5.82 Å². The van der Waals surface area contributed by atoms with E-state index in [0.717, 1.165) is 48.1 Å². The molecule has 0 spiro atoms. The van der Waals surface area contributed by atoms with E-state index in [-0.39, 0.29) is 5.91 Å². The normalized spacial score (nSPS) is 13.4. The van der Waals surface area contributed by atoms with Crippen LogP contribution >= 0.6 is 0 Å². The van der Waals surface area contributed by atoms with Crippen molar-refractivity contribution in [2.45, 2.75) is 19.3 Å². The summed E-state index contributed by atoms with van der Waals surface area (Å²) in [4.78, 5) is 28.3. The third-order valence-corrected chi connectivity index (χ3v) is 6.33. The largest absolute Gasteiger partial charge is 0.479 e. The second kappa shape index (κ2) is 10.1. The lowest BCUT2D eigenvalue weighted by molar-refractivity contribution is -0.111. The molecule has 36 heavy (non-hydrogen) atoms. The Morgan fingerprint density at radius 2 is 1.92 bits per heavy atom. The lowest BCUT2D eigenvalue weighted by atomic mass is 10.1. The Kier molecular flexibility index (Phi) is 6.53. The minimum absolute atomic E-state index is 0.305. The Balaban J connectivity index is 1.52. The minimum atomic E-state index is -0.305. The predicted molar refractivity (Wildman–Crippen MR) is 143 cm³/mol. The van der Waals surface area contributed by atoms with Crippen LogP contribution < -0.4 is 20.3 Å². The maximum absolute atomic E-state index is 12.2. The number of ether oxygens (including phenoxy) is 1. The molecule has 3 aromatic heterocycles. The number of aromatic nitrogens is 4. The maximum Gasteiger partial charge on any atom is 0.247 e. The fourth-order valence-electron chi connectivity index (χ4n) is 4.59. The maximum atomic E-state index is 12.2. The Hall–Kier alpha value is -4.40. The van der Waals surface area contributed by atoms with Crippen molar-refractivity contribution in [1.82, 2.24) is 19.5 Å². The van der Waals surface area contributed by atoms with Crippen molar-refractivity contribution in [1.29, 1.82) is 0 Å². The number of hydrogen-bond donors (Lipinski definition) is 2. The zero-order chi connectivity index (χ0) is 25.1. The molecule has 2 N–H and O–H groups in total. The molecular formula is C27H29N7O2. The van der Waals surface area contributed by atoms with Crippen molar-refractivity contribution in [3.63, 3.8) is 0 Å².